The van der Waals surface area contributed by atoms with E-state index in [-0.39, 0.29) is 17.9 Å². The fourth-order valence-electron chi connectivity index (χ4n) is 2.43. The van der Waals surface area contributed by atoms with Gasteiger partial charge in [-0.1, -0.05) is 54.4 Å². The van der Waals surface area contributed by atoms with Gasteiger partial charge < -0.3 is 5.32 Å². The molecule has 1 unspecified atom stereocenters. The first-order chi connectivity index (χ1) is 10.0. The highest BCUT2D eigenvalue weighted by Crippen LogP contribution is 2.30. The lowest BCUT2D eigenvalue weighted by atomic mass is 10.0. The van der Waals surface area contributed by atoms with Crippen LogP contribution in [0, 0.1) is 5.82 Å². The van der Waals surface area contributed by atoms with Gasteiger partial charge in [0.05, 0.1) is 0 Å². The van der Waals surface area contributed by atoms with Crippen molar-refractivity contribution in [3.05, 3.63) is 69.5 Å². The van der Waals surface area contributed by atoms with Crippen molar-refractivity contribution in [1.29, 1.82) is 0 Å². The van der Waals surface area contributed by atoms with Crippen molar-refractivity contribution in [1.82, 2.24) is 5.32 Å². The molecule has 0 amide bonds. The van der Waals surface area contributed by atoms with Crippen molar-refractivity contribution in [2.75, 3.05) is 0 Å². The summed E-state index contributed by atoms with van der Waals surface area (Å²) in [7, 11) is 0. The molecule has 0 aliphatic carbocycles. The average molecular weight is 326 g/mol. The zero-order valence-corrected chi connectivity index (χ0v) is 13.5. The third-order valence-corrected chi connectivity index (χ3v) is 4.13. The molecule has 0 aliphatic heterocycles. The Morgan fingerprint density at radius 2 is 1.81 bits per heavy atom. The Morgan fingerprint density at radius 3 is 2.43 bits per heavy atom. The Hall–Kier alpha value is -1.09. The van der Waals surface area contributed by atoms with Gasteiger partial charge >= 0.3 is 0 Å². The lowest BCUT2D eigenvalue weighted by Gasteiger charge is -2.24. The second kappa shape index (κ2) is 7.26. The Kier molecular flexibility index (Phi) is 5.63. The van der Waals surface area contributed by atoms with Gasteiger partial charge in [0, 0.05) is 27.7 Å². The summed E-state index contributed by atoms with van der Waals surface area (Å²) in [6.07, 6.45) is 0.847. The van der Waals surface area contributed by atoms with Gasteiger partial charge in [0.25, 0.3) is 0 Å². The third-order valence-electron chi connectivity index (χ3n) is 3.57. The molecule has 21 heavy (non-hydrogen) atoms. The summed E-state index contributed by atoms with van der Waals surface area (Å²) in [5.74, 6) is -0.199. The highest BCUT2D eigenvalue weighted by atomic mass is 35.5. The zero-order valence-electron chi connectivity index (χ0n) is 12.0. The highest BCUT2D eigenvalue weighted by molar-refractivity contribution is 6.35. The smallest absolute Gasteiger partial charge is 0.127 e. The van der Waals surface area contributed by atoms with E-state index in [0.29, 0.717) is 15.6 Å². The molecule has 1 N–H and O–H groups in total. The molecular weight excluding hydrogens is 308 g/mol. The summed E-state index contributed by atoms with van der Waals surface area (Å²) in [5, 5.41) is 4.67. The predicted octanol–water partition coefficient (Wildman–Crippen LogP) is 5.93. The number of hydrogen-bond acceptors (Lipinski definition) is 1. The minimum absolute atomic E-state index is 0.0457. The van der Waals surface area contributed by atoms with Crippen LogP contribution in [0.25, 0.3) is 0 Å². The van der Waals surface area contributed by atoms with Crippen LogP contribution < -0.4 is 5.32 Å². The maximum Gasteiger partial charge on any atom is 0.127 e. The molecule has 0 bridgehead atoms. The third kappa shape index (κ3) is 3.97. The van der Waals surface area contributed by atoms with Crippen LogP contribution in [0.2, 0.25) is 10.0 Å². The summed E-state index contributed by atoms with van der Waals surface area (Å²) in [4.78, 5) is 0. The van der Waals surface area contributed by atoms with E-state index in [9.17, 15) is 4.39 Å². The van der Waals surface area contributed by atoms with Crippen molar-refractivity contribution < 1.29 is 4.39 Å². The Morgan fingerprint density at radius 1 is 1.10 bits per heavy atom. The summed E-state index contributed by atoms with van der Waals surface area (Å²) >= 11 is 12.2. The first-order valence-electron chi connectivity index (χ1n) is 6.98. The topological polar surface area (TPSA) is 12.0 Å². The zero-order chi connectivity index (χ0) is 15.4. The van der Waals surface area contributed by atoms with Gasteiger partial charge in [0.15, 0.2) is 0 Å². The van der Waals surface area contributed by atoms with E-state index in [0.717, 1.165) is 12.0 Å². The van der Waals surface area contributed by atoms with Crippen LogP contribution in [0.3, 0.4) is 0 Å². The van der Waals surface area contributed by atoms with Gasteiger partial charge in [-0.2, -0.15) is 0 Å². The SMILES string of the molecule is CCC(N[C@H](C)c1ccccc1F)c1ccc(Cl)cc1Cl. The Labute approximate surface area is 135 Å². The number of nitrogens with one attached hydrogen (secondary N) is 1. The highest BCUT2D eigenvalue weighted by Gasteiger charge is 2.18. The van der Waals surface area contributed by atoms with E-state index in [4.69, 9.17) is 23.2 Å². The largest absolute Gasteiger partial charge is 0.303 e. The molecule has 0 spiro atoms. The van der Waals surface area contributed by atoms with Crippen molar-refractivity contribution in [3.63, 3.8) is 0 Å². The summed E-state index contributed by atoms with van der Waals surface area (Å²) in [5.41, 5.74) is 1.63. The number of hydrogen-bond donors (Lipinski definition) is 1. The van der Waals surface area contributed by atoms with Crippen molar-refractivity contribution in [2.45, 2.75) is 32.4 Å². The minimum Gasteiger partial charge on any atom is -0.303 e. The molecule has 0 saturated carbocycles. The molecule has 0 aromatic heterocycles. The van der Waals surface area contributed by atoms with Crippen LogP contribution >= 0.6 is 23.2 Å². The van der Waals surface area contributed by atoms with Gasteiger partial charge in [-0.25, -0.2) is 4.39 Å². The number of rotatable bonds is 5. The van der Waals surface area contributed by atoms with Crippen molar-refractivity contribution in [3.8, 4) is 0 Å². The fourth-order valence-corrected chi connectivity index (χ4v) is 2.97. The maximum absolute atomic E-state index is 13.8. The van der Waals surface area contributed by atoms with Gasteiger partial charge in [-0.05, 0) is 37.1 Å². The summed E-state index contributed by atoms with van der Waals surface area (Å²) in [6.45, 7) is 4.02. The van der Waals surface area contributed by atoms with E-state index in [1.807, 2.05) is 25.1 Å². The van der Waals surface area contributed by atoms with Crippen LogP contribution in [0.1, 0.15) is 43.5 Å². The molecule has 112 valence electrons. The summed E-state index contributed by atoms with van der Waals surface area (Å²) < 4.78 is 13.8. The van der Waals surface area contributed by atoms with Gasteiger partial charge in [-0.15, -0.1) is 0 Å². The molecule has 0 radical (unpaired) electrons. The van der Waals surface area contributed by atoms with E-state index >= 15 is 0 Å². The maximum atomic E-state index is 13.8. The van der Waals surface area contributed by atoms with Crippen LogP contribution in [0.4, 0.5) is 4.39 Å². The van der Waals surface area contributed by atoms with E-state index in [1.54, 1.807) is 18.2 Å². The molecule has 2 aromatic rings. The van der Waals surface area contributed by atoms with E-state index < -0.39 is 0 Å². The number of benzene rings is 2. The molecule has 2 aromatic carbocycles. The molecule has 4 heteroatoms. The van der Waals surface area contributed by atoms with Crippen LogP contribution in [0.5, 0.6) is 0 Å². The van der Waals surface area contributed by atoms with Crippen molar-refractivity contribution >= 4 is 23.2 Å². The van der Waals surface area contributed by atoms with Gasteiger partial charge in [0.2, 0.25) is 0 Å². The van der Waals surface area contributed by atoms with E-state index in [1.165, 1.54) is 6.07 Å². The first-order valence-corrected chi connectivity index (χ1v) is 7.74. The summed E-state index contributed by atoms with van der Waals surface area (Å²) in [6, 6.07) is 12.2. The lowest BCUT2D eigenvalue weighted by Crippen LogP contribution is -2.25. The molecule has 1 nitrogen and oxygen atoms in total. The average Bonchev–Trinajstić information content (AvgIpc) is 2.45. The molecule has 2 rings (SSSR count). The predicted molar refractivity (Wildman–Crippen MR) is 87.4 cm³/mol. The van der Waals surface area contributed by atoms with Gasteiger partial charge in [0.1, 0.15) is 5.82 Å². The minimum atomic E-state index is -0.199. The molecule has 0 fully saturated rings. The van der Waals surface area contributed by atoms with Crippen LogP contribution in [-0.4, -0.2) is 0 Å². The van der Waals surface area contributed by atoms with Gasteiger partial charge in [-0.3, -0.25) is 0 Å². The molecular formula is C17H18Cl2FN. The lowest BCUT2D eigenvalue weighted by molar-refractivity contribution is 0.443. The molecule has 0 heterocycles. The normalized spacial score (nSPS) is 14.0. The van der Waals surface area contributed by atoms with Crippen LogP contribution in [-0.2, 0) is 0 Å². The van der Waals surface area contributed by atoms with Crippen molar-refractivity contribution in [2.24, 2.45) is 0 Å². The first kappa shape index (κ1) is 16.3. The Balaban J connectivity index is 2.21. The quantitative estimate of drug-likeness (QED) is 0.717. The molecule has 0 saturated heterocycles. The molecule has 0 aliphatic rings. The van der Waals surface area contributed by atoms with Crippen LogP contribution in [0.15, 0.2) is 42.5 Å². The van der Waals surface area contributed by atoms with E-state index in [2.05, 4.69) is 12.2 Å². The number of halogens is 3. The molecule has 2 atom stereocenters. The standard InChI is InChI=1S/C17H18Cl2FN/c1-3-17(14-9-8-12(18)10-15(14)19)21-11(2)13-6-4-5-7-16(13)20/h4-11,17,21H,3H2,1-2H3/t11-,17?/m1/s1. The Bertz CT molecular complexity index is 615. The fraction of sp³-hybridized carbons (Fsp3) is 0.294. The second-order valence-electron chi connectivity index (χ2n) is 5.04. The monoisotopic (exact) mass is 325 g/mol. The second-order valence-corrected chi connectivity index (χ2v) is 5.88.